The number of carbonyl (C=O) groups excluding carboxylic acids is 1. The Hall–Kier alpha value is -3.83. The maximum Gasteiger partial charge on any atom is 0.281 e. The third-order valence-electron chi connectivity index (χ3n) is 8.15. The van der Waals surface area contributed by atoms with Crippen molar-refractivity contribution < 1.29 is 9.90 Å². The predicted molar refractivity (Wildman–Crippen MR) is 170 cm³/mol. The van der Waals surface area contributed by atoms with Gasteiger partial charge in [-0.25, -0.2) is 4.98 Å². The molecule has 0 unspecified atom stereocenters. The summed E-state index contributed by atoms with van der Waals surface area (Å²) in [6.45, 7) is 4.78. The quantitative estimate of drug-likeness (QED) is 0.231. The molecule has 5 aromatic rings. The summed E-state index contributed by atoms with van der Waals surface area (Å²) in [5, 5.41) is 19.3. The standard InChI is InChI=1S/C32H33ClN6O3S/c1-21-3-10-27(43-21)24-8-9-25(26(33)15-24)17-38-13-11-32(42,12-14-38)18-39-19-35-28-29(31(39)41)36-37(2)30(28)23-6-4-22(5-7-23)16-34-20-40/h3-10,15,19-20,42H,11-14,16-18H2,1-2H3,(H,34,40). The Morgan fingerprint density at radius 3 is 2.49 bits per heavy atom. The van der Waals surface area contributed by atoms with Crippen molar-refractivity contribution in [1.82, 2.24) is 29.5 Å². The lowest BCUT2D eigenvalue weighted by atomic mass is 9.91. The van der Waals surface area contributed by atoms with Crippen LogP contribution in [0, 0.1) is 6.92 Å². The average molecular weight is 617 g/mol. The highest BCUT2D eigenvalue weighted by atomic mass is 35.5. The largest absolute Gasteiger partial charge is 0.388 e. The lowest BCUT2D eigenvalue weighted by Crippen LogP contribution is -2.47. The summed E-state index contributed by atoms with van der Waals surface area (Å²) >= 11 is 8.43. The molecular weight excluding hydrogens is 584 g/mol. The highest BCUT2D eigenvalue weighted by Gasteiger charge is 2.33. The van der Waals surface area contributed by atoms with E-state index >= 15 is 0 Å². The first kappa shape index (κ1) is 29.3. The van der Waals surface area contributed by atoms with Crippen molar-refractivity contribution in [3.05, 3.63) is 92.3 Å². The number of thiophene rings is 1. The normalized spacial score (nSPS) is 15.2. The third kappa shape index (κ3) is 6.14. The highest BCUT2D eigenvalue weighted by Crippen LogP contribution is 2.32. The number of piperidine rings is 1. The molecule has 0 saturated carbocycles. The Morgan fingerprint density at radius 2 is 1.81 bits per heavy atom. The Bertz CT molecular complexity index is 1840. The molecule has 0 radical (unpaired) electrons. The Morgan fingerprint density at radius 1 is 1.07 bits per heavy atom. The minimum atomic E-state index is -1.02. The van der Waals surface area contributed by atoms with Gasteiger partial charge in [-0.1, -0.05) is 48.0 Å². The molecule has 0 atom stereocenters. The number of hydrogen-bond donors (Lipinski definition) is 2. The molecule has 0 bridgehead atoms. The molecule has 1 amide bonds. The number of rotatable bonds is 9. The summed E-state index contributed by atoms with van der Waals surface area (Å²) < 4.78 is 3.14. The molecule has 11 heteroatoms. The van der Waals surface area contributed by atoms with E-state index in [-0.39, 0.29) is 17.6 Å². The van der Waals surface area contributed by atoms with Crippen LogP contribution in [0.5, 0.6) is 0 Å². The summed E-state index contributed by atoms with van der Waals surface area (Å²) in [6.07, 6.45) is 3.24. The molecule has 1 fully saturated rings. The van der Waals surface area contributed by atoms with Crippen LogP contribution in [0.15, 0.2) is 65.7 Å². The highest BCUT2D eigenvalue weighted by molar-refractivity contribution is 7.15. The fourth-order valence-electron chi connectivity index (χ4n) is 5.73. The smallest absolute Gasteiger partial charge is 0.281 e. The number of hydrogen-bond acceptors (Lipinski definition) is 7. The van der Waals surface area contributed by atoms with Crippen molar-refractivity contribution in [3.63, 3.8) is 0 Å². The van der Waals surface area contributed by atoms with Crippen LogP contribution in [-0.2, 0) is 31.5 Å². The number of fused-ring (bicyclic) bond motifs is 1. The van der Waals surface area contributed by atoms with Gasteiger partial charge in [-0.2, -0.15) is 5.10 Å². The second-order valence-corrected chi connectivity index (χ2v) is 13.0. The van der Waals surface area contributed by atoms with E-state index in [9.17, 15) is 14.7 Å². The zero-order valence-electron chi connectivity index (χ0n) is 24.1. The molecule has 222 valence electrons. The van der Waals surface area contributed by atoms with E-state index in [2.05, 4.69) is 51.5 Å². The van der Waals surface area contributed by atoms with Crippen molar-refractivity contribution >= 4 is 40.4 Å². The van der Waals surface area contributed by atoms with Gasteiger partial charge in [0.2, 0.25) is 6.41 Å². The molecule has 9 nitrogen and oxygen atoms in total. The fraction of sp³-hybridized carbons (Fsp3) is 0.312. The predicted octanol–water partition coefficient (Wildman–Crippen LogP) is 4.76. The van der Waals surface area contributed by atoms with Gasteiger partial charge < -0.3 is 10.4 Å². The number of likely N-dealkylation sites (tertiary alicyclic amines) is 1. The molecule has 0 spiro atoms. The number of amides is 1. The van der Waals surface area contributed by atoms with E-state index in [0.29, 0.717) is 50.9 Å². The molecule has 1 aliphatic heterocycles. The first-order valence-electron chi connectivity index (χ1n) is 14.2. The Labute approximate surface area is 258 Å². The van der Waals surface area contributed by atoms with Gasteiger partial charge in [-0.15, -0.1) is 11.3 Å². The molecule has 0 aliphatic carbocycles. The van der Waals surface area contributed by atoms with Gasteiger partial charge >= 0.3 is 0 Å². The number of halogens is 1. The zero-order valence-corrected chi connectivity index (χ0v) is 25.7. The minimum absolute atomic E-state index is 0.155. The molecule has 4 heterocycles. The van der Waals surface area contributed by atoms with Gasteiger partial charge in [0, 0.05) is 53.6 Å². The number of nitrogens with zero attached hydrogens (tertiary/aromatic N) is 5. The fourth-order valence-corrected chi connectivity index (χ4v) is 6.84. The van der Waals surface area contributed by atoms with Crippen LogP contribution in [0.2, 0.25) is 5.02 Å². The summed E-state index contributed by atoms with van der Waals surface area (Å²) in [4.78, 5) is 33.4. The van der Waals surface area contributed by atoms with Crippen molar-refractivity contribution in [3.8, 4) is 21.7 Å². The SMILES string of the molecule is Cc1ccc(-c2ccc(CN3CCC(O)(Cn4cnc5c(-c6ccc(CNC=O)cc6)n(C)nc5c4=O)CC3)c(Cl)c2)s1. The molecule has 43 heavy (non-hydrogen) atoms. The van der Waals surface area contributed by atoms with E-state index in [1.54, 1.807) is 23.1 Å². The zero-order chi connectivity index (χ0) is 30.1. The number of carbonyl (C=O) groups is 1. The number of aromatic nitrogens is 4. The molecule has 1 saturated heterocycles. The summed E-state index contributed by atoms with van der Waals surface area (Å²) in [5.41, 5.74) is 4.23. The number of aryl methyl sites for hydroxylation is 2. The van der Waals surface area contributed by atoms with Gasteiger partial charge in [-0.05, 0) is 54.7 Å². The van der Waals surface area contributed by atoms with E-state index in [4.69, 9.17) is 11.6 Å². The van der Waals surface area contributed by atoms with Crippen molar-refractivity contribution in [1.29, 1.82) is 0 Å². The molecule has 2 N–H and O–H groups in total. The van der Waals surface area contributed by atoms with Gasteiger partial charge in [0.05, 0.1) is 24.2 Å². The van der Waals surface area contributed by atoms with E-state index in [0.717, 1.165) is 33.0 Å². The molecular formula is C32H33ClN6O3S. The lowest BCUT2D eigenvalue weighted by Gasteiger charge is -2.38. The number of nitrogens with one attached hydrogen (secondary N) is 1. The molecule has 3 aromatic heterocycles. The third-order valence-corrected chi connectivity index (χ3v) is 9.55. The van der Waals surface area contributed by atoms with Crippen LogP contribution in [0.3, 0.4) is 0 Å². The van der Waals surface area contributed by atoms with Gasteiger partial charge in [0.1, 0.15) is 5.52 Å². The minimum Gasteiger partial charge on any atom is -0.388 e. The maximum atomic E-state index is 13.5. The van der Waals surface area contributed by atoms with Crippen LogP contribution >= 0.6 is 22.9 Å². The topological polar surface area (TPSA) is 105 Å². The van der Waals surface area contributed by atoms with Crippen molar-refractivity contribution in [2.75, 3.05) is 13.1 Å². The molecule has 2 aromatic carbocycles. The number of aliphatic hydroxyl groups is 1. The van der Waals surface area contributed by atoms with E-state index in [1.165, 1.54) is 20.6 Å². The first-order valence-corrected chi connectivity index (χ1v) is 15.4. The molecule has 1 aliphatic rings. The Balaban J connectivity index is 1.13. The summed E-state index contributed by atoms with van der Waals surface area (Å²) in [6, 6.07) is 18.2. The monoisotopic (exact) mass is 616 g/mol. The van der Waals surface area contributed by atoms with Crippen LogP contribution in [0.4, 0.5) is 0 Å². The van der Waals surface area contributed by atoms with Crippen LogP contribution in [-0.4, -0.2) is 54.4 Å². The van der Waals surface area contributed by atoms with Gasteiger partial charge in [0.15, 0.2) is 5.52 Å². The van der Waals surface area contributed by atoms with Crippen LogP contribution in [0.1, 0.15) is 28.8 Å². The Kier molecular flexibility index (Phi) is 8.19. The second-order valence-electron chi connectivity index (χ2n) is 11.3. The lowest BCUT2D eigenvalue weighted by molar-refractivity contribution is -0.109. The van der Waals surface area contributed by atoms with Gasteiger partial charge in [0.25, 0.3) is 5.56 Å². The summed E-state index contributed by atoms with van der Waals surface area (Å²) in [7, 11) is 1.79. The maximum absolute atomic E-state index is 13.5. The number of benzene rings is 2. The first-order chi connectivity index (χ1) is 20.7. The van der Waals surface area contributed by atoms with Crippen LogP contribution < -0.4 is 10.9 Å². The van der Waals surface area contributed by atoms with Crippen LogP contribution in [0.25, 0.3) is 32.7 Å². The van der Waals surface area contributed by atoms with Crippen molar-refractivity contribution in [2.24, 2.45) is 7.05 Å². The summed E-state index contributed by atoms with van der Waals surface area (Å²) in [5.74, 6) is 0. The molecule has 6 rings (SSSR count). The van der Waals surface area contributed by atoms with Crippen molar-refractivity contribution in [2.45, 2.75) is 45.0 Å². The van der Waals surface area contributed by atoms with Gasteiger partial charge in [-0.3, -0.25) is 23.7 Å². The average Bonchev–Trinajstić information content (AvgIpc) is 3.59. The van der Waals surface area contributed by atoms with E-state index in [1.807, 2.05) is 30.3 Å². The second kappa shape index (κ2) is 12.0. The van der Waals surface area contributed by atoms with E-state index < -0.39 is 5.60 Å².